The van der Waals surface area contributed by atoms with Gasteiger partial charge in [-0.15, -0.1) is 11.3 Å². The molecule has 20 heavy (non-hydrogen) atoms. The second kappa shape index (κ2) is 5.68. The summed E-state index contributed by atoms with van der Waals surface area (Å²) in [6.07, 6.45) is 4.77. The number of thiophene rings is 1. The van der Waals surface area contributed by atoms with Gasteiger partial charge in [-0.05, 0) is 19.1 Å². The summed E-state index contributed by atoms with van der Waals surface area (Å²) in [6.45, 7) is 3.67. The van der Waals surface area contributed by atoms with Crippen LogP contribution in [0.5, 0.6) is 0 Å². The van der Waals surface area contributed by atoms with Crippen molar-refractivity contribution < 1.29 is 9.53 Å². The highest BCUT2D eigenvalue weighted by atomic mass is 32.1. The van der Waals surface area contributed by atoms with Crippen LogP contribution in [-0.2, 0) is 4.74 Å². The number of aromatic nitrogens is 2. The number of carbonyl (C=O) groups excluding carboxylic acids is 1. The third-order valence-corrected chi connectivity index (χ3v) is 4.21. The van der Waals surface area contributed by atoms with E-state index in [9.17, 15) is 4.79 Å². The quantitative estimate of drug-likeness (QED) is 0.849. The van der Waals surface area contributed by atoms with Crippen LogP contribution in [0.15, 0.2) is 30.7 Å². The molecule has 3 rings (SSSR count). The molecule has 2 aromatic rings. The van der Waals surface area contributed by atoms with Crippen molar-refractivity contribution in [2.75, 3.05) is 19.7 Å². The maximum absolute atomic E-state index is 12.4. The fourth-order valence-corrected chi connectivity index (χ4v) is 3.03. The van der Waals surface area contributed by atoms with Crippen LogP contribution in [0.3, 0.4) is 0 Å². The summed E-state index contributed by atoms with van der Waals surface area (Å²) in [5.41, 5.74) is 0.771. The molecule has 0 aromatic carbocycles. The SMILES string of the molecule is Cc1ccc(C(=O)N2CCO[C@@H](c3cnccn3)C2)s1. The Bertz CT molecular complexity index is 599. The van der Waals surface area contributed by atoms with Crippen LogP contribution in [0.2, 0.25) is 0 Å². The molecule has 1 atom stereocenters. The zero-order valence-corrected chi connectivity index (χ0v) is 12.0. The van der Waals surface area contributed by atoms with Crippen molar-refractivity contribution in [1.29, 1.82) is 0 Å². The third kappa shape index (κ3) is 2.71. The van der Waals surface area contributed by atoms with Gasteiger partial charge in [-0.1, -0.05) is 0 Å². The normalized spacial score (nSPS) is 19.1. The van der Waals surface area contributed by atoms with Gasteiger partial charge in [-0.3, -0.25) is 14.8 Å². The van der Waals surface area contributed by atoms with Gasteiger partial charge in [0.05, 0.1) is 29.9 Å². The molecule has 1 fully saturated rings. The van der Waals surface area contributed by atoms with Gasteiger partial charge < -0.3 is 9.64 Å². The van der Waals surface area contributed by atoms with Gasteiger partial charge >= 0.3 is 0 Å². The molecule has 6 heteroatoms. The monoisotopic (exact) mass is 289 g/mol. The van der Waals surface area contributed by atoms with Gasteiger partial charge in [0.2, 0.25) is 0 Å². The minimum atomic E-state index is -0.192. The van der Waals surface area contributed by atoms with Crippen molar-refractivity contribution in [3.8, 4) is 0 Å². The molecule has 2 aromatic heterocycles. The highest BCUT2D eigenvalue weighted by molar-refractivity contribution is 7.13. The van der Waals surface area contributed by atoms with E-state index in [-0.39, 0.29) is 12.0 Å². The molecule has 1 saturated heterocycles. The summed E-state index contributed by atoms with van der Waals surface area (Å²) in [7, 11) is 0. The van der Waals surface area contributed by atoms with Crippen molar-refractivity contribution in [1.82, 2.24) is 14.9 Å². The molecule has 1 amide bonds. The topological polar surface area (TPSA) is 55.3 Å². The van der Waals surface area contributed by atoms with E-state index in [1.54, 1.807) is 18.6 Å². The molecule has 0 N–H and O–H groups in total. The molecular formula is C14H15N3O2S. The van der Waals surface area contributed by atoms with Gasteiger partial charge in [0, 0.05) is 23.8 Å². The number of rotatable bonds is 2. The molecule has 104 valence electrons. The van der Waals surface area contributed by atoms with Crippen molar-refractivity contribution in [2.45, 2.75) is 13.0 Å². The van der Waals surface area contributed by atoms with Crippen LogP contribution < -0.4 is 0 Å². The fourth-order valence-electron chi connectivity index (χ4n) is 2.19. The Kier molecular flexibility index (Phi) is 3.75. The predicted molar refractivity (Wildman–Crippen MR) is 75.7 cm³/mol. The van der Waals surface area contributed by atoms with Gasteiger partial charge in [-0.2, -0.15) is 0 Å². The van der Waals surface area contributed by atoms with Crippen molar-refractivity contribution in [2.24, 2.45) is 0 Å². The van der Waals surface area contributed by atoms with Crippen molar-refractivity contribution >= 4 is 17.2 Å². The number of morpholine rings is 1. The molecule has 1 aliphatic rings. The van der Waals surface area contributed by atoms with Gasteiger partial charge in [0.15, 0.2) is 0 Å². The summed E-state index contributed by atoms with van der Waals surface area (Å²) in [4.78, 5) is 24.5. The molecule has 0 aliphatic carbocycles. The van der Waals surface area contributed by atoms with E-state index in [1.807, 2.05) is 24.0 Å². The lowest BCUT2D eigenvalue weighted by Crippen LogP contribution is -2.42. The zero-order chi connectivity index (χ0) is 13.9. The molecule has 1 aliphatic heterocycles. The molecule has 0 spiro atoms. The minimum absolute atomic E-state index is 0.0697. The summed E-state index contributed by atoms with van der Waals surface area (Å²) < 4.78 is 5.69. The summed E-state index contributed by atoms with van der Waals surface area (Å²) in [5.74, 6) is 0.0697. The van der Waals surface area contributed by atoms with Crippen molar-refractivity contribution in [3.63, 3.8) is 0 Å². The van der Waals surface area contributed by atoms with Gasteiger partial charge in [0.25, 0.3) is 5.91 Å². The number of nitrogens with zero attached hydrogens (tertiary/aromatic N) is 3. The van der Waals surface area contributed by atoms with E-state index in [4.69, 9.17) is 4.74 Å². The van der Waals surface area contributed by atoms with Crippen LogP contribution in [-0.4, -0.2) is 40.5 Å². The fraction of sp³-hybridized carbons (Fsp3) is 0.357. The first kappa shape index (κ1) is 13.2. The Morgan fingerprint density at radius 3 is 3.05 bits per heavy atom. The molecule has 0 unspecified atom stereocenters. The second-order valence-corrected chi connectivity index (χ2v) is 5.94. The number of hydrogen-bond acceptors (Lipinski definition) is 5. The molecule has 3 heterocycles. The van der Waals surface area contributed by atoms with Crippen LogP contribution in [0.4, 0.5) is 0 Å². The Balaban J connectivity index is 1.74. The molecule has 0 bridgehead atoms. The highest BCUT2D eigenvalue weighted by Crippen LogP contribution is 2.23. The lowest BCUT2D eigenvalue weighted by atomic mass is 10.2. The number of hydrogen-bond donors (Lipinski definition) is 0. The second-order valence-electron chi connectivity index (χ2n) is 4.65. The van der Waals surface area contributed by atoms with Crippen LogP contribution in [0.1, 0.15) is 26.3 Å². The maximum Gasteiger partial charge on any atom is 0.264 e. The average Bonchev–Trinajstić information content (AvgIpc) is 2.94. The van der Waals surface area contributed by atoms with Gasteiger partial charge in [0.1, 0.15) is 6.10 Å². The largest absolute Gasteiger partial charge is 0.368 e. The van der Waals surface area contributed by atoms with Crippen molar-refractivity contribution in [3.05, 3.63) is 46.2 Å². The summed E-state index contributed by atoms with van der Waals surface area (Å²) in [6, 6.07) is 3.85. The van der Waals surface area contributed by atoms with Crippen LogP contribution in [0.25, 0.3) is 0 Å². The van der Waals surface area contributed by atoms with Gasteiger partial charge in [-0.25, -0.2) is 0 Å². The Labute approximate surface area is 121 Å². The maximum atomic E-state index is 12.4. The van der Waals surface area contributed by atoms with E-state index < -0.39 is 0 Å². The number of carbonyl (C=O) groups is 1. The standard InChI is InChI=1S/C14H15N3O2S/c1-10-2-3-13(20-10)14(18)17-6-7-19-12(9-17)11-8-15-4-5-16-11/h2-5,8,12H,6-7,9H2,1H3/t12-/m1/s1. The molecule has 0 saturated carbocycles. The highest BCUT2D eigenvalue weighted by Gasteiger charge is 2.27. The van der Waals surface area contributed by atoms with E-state index in [2.05, 4.69) is 9.97 Å². The van der Waals surface area contributed by atoms with E-state index in [0.29, 0.717) is 19.7 Å². The minimum Gasteiger partial charge on any atom is -0.368 e. The number of amides is 1. The Morgan fingerprint density at radius 1 is 1.45 bits per heavy atom. The van der Waals surface area contributed by atoms with E-state index >= 15 is 0 Å². The first-order valence-electron chi connectivity index (χ1n) is 6.47. The Hall–Kier alpha value is -1.79. The van der Waals surface area contributed by atoms with E-state index in [0.717, 1.165) is 15.4 Å². The van der Waals surface area contributed by atoms with Crippen LogP contribution in [0, 0.1) is 6.92 Å². The number of ether oxygens (including phenoxy) is 1. The molecule has 5 nitrogen and oxygen atoms in total. The lowest BCUT2D eigenvalue weighted by molar-refractivity contribution is -0.0247. The third-order valence-electron chi connectivity index (χ3n) is 3.22. The lowest BCUT2D eigenvalue weighted by Gasteiger charge is -2.32. The smallest absolute Gasteiger partial charge is 0.264 e. The molecular weight excluding hydrogens is 274 g/mol. The first-order chi connectivity index (χ1) is 9.74. The average molecular weight is 289 g/mol. The summed E-state index contributed by atoms with van der Waals surface area (Å²) >= 11 is 1.53. The summed E-state index contributed by atoms with van der Waals surface area (Å²) in [5, 5.41) is 0. The predicted octanol–water partition coefficient (Wildman–Crippen LogP) is 2.06. The van der Waals surface area contributed by atoms with E-state index in [1.165, 1.54) is 11.3 Å². The van der Waals surface area contributed by atoms with Crippen LogP contribution >= 0.6 is 11.3 Å². The Morgan fingerprint density at radius 2 is 2.35 bits per heavy atom. The zero-order valence-electron chi connectivity index (χ0n) is 11.2. The first-order valence-corrected chi connectivity index (χ1v) is 7.29. The molecule has 0 radical (unpaired) electrons. The number of aryl methyl sites for hydroxylation is 1.